The second-order valence-corrected chi connectivity index (χ2v) is 6.86. The number of carbonyl (C=O) groups excluding carboxylic acids is 1. The van der Waals surface area contributed by atoms with Crippen LogP contribution in [0.2, 0.25) is 0 Å². The van der Waals surface area contributed by atoms with E-state index in [0.29, 0.717) is 50.0 Å². The number of methoxy groups -OCH3 is 1. The van der Waals surface area contributed by atoms with Gasteiger partial charge in [-0.05, 0) is 30.4 Å². The Labute approximate surface area is 183 Å². The number of nitro groups is 1. The molecule has 1 saturated heterocycles. The summed E-state index contributed by atoms with van der Waals surface area (Å²) in [6, 6.07) is 6.43. The number of pyridine rings is 1. The largest absolute Gasteiger partial charge is 0.474 e. The Balaban J connectivity index is 1.39. The number of anilines is 2. The predicted molar refractivity (Wildman–Crippen MR) is 115 cm³/mol. The van der Waals surface area contributed by atoms with Crippen LogP contribution in [-0.2, 0) is 16.0 Å². The summed E-state index contributed by atoms with van der Waals surface area (Å²) in [5.41, 5.74) is 0.630. The smallest absolute Gasteiger partial charge is 0.433 e. The van der Waals surface area contributed by atoms with Crippen LogP contribution in [0.3, 0.4) is 0 Å². The highest BCUT2D eigenvalue weighted by atomic mass is 32.1. The van der Waals surface area contributed by atoms with Crippen LogP contribution in [0.25, 0.3) is 0 Å². The molecule has 3 heterocycles. The molecular weight excluding hydrogens is 428 g/mol. The van der Waals surface area contributed by atoms with Crippen molar-refractivity contribution in [3.63, 3.8) is 0 Å². The zero-order chi connectivity index (χ0) is 22.2. The maximum absolute atomic E-state index is 12.1. The van der Waals surface area contributed by atoms with Gasteiger partial charge in [-0.1, -0.05) is 0 Å². The molecule has 1 unspecified atom stereocenters. The number of ether oxygens (including phenoxy) is 2. The van der Waals surface area contributed by atoms with Gasteiger partial charge in [-0.2, -0.15) is 0 Å². The number of hydrogen-bond donors (Lipinski definition) is 3. The fraction of sp³-hybridized carbons (Fsp3) is 0.389. The van der Waals surface area contributed by atoms with E-state index in [4.69, 9.17) is 26.1 Å². The highest BCUT2D eigenvalue weighted by molar-refractivity contribution is 7.80. The van der Waals surface area contributed by atoms with Gasteiger partial charge in [0.25, 0.3) is 5.17 Å². The minimum absolute atomic E-state index is 0.242. The van der Waals surface area contributed by atoms with Crippen molar-refractivity contribution in [1.29, 1.82) is 0 Å². The zero-order valence-corrected chi connectivity index (χ0v) is 17.5. The van der Waals surface area contributed by atoms with Crippen LogP contribution in [0.1, 0.15) is 5.76 Å². The maximum atomic E-state index is 12.1. The Morgan fingerprint density at radius 3 is 2.90 bits per heavy atom. The van der Waals surface area contributed by atoms with Crippen LogP contribution in [-0.4, -0.2) is 60.6 Å². The lowest BCUT2D eigenvalue weighted by Gasteiger charge is -2.14. The normalized spacial score (nSPS) is 15.5. The lowest BCUT2D eigenvalue weighted by Crippen LogP contribution is -2.34. The molecule has 31 heavy (non-hydrogen) atoms. The van der Waals surface area contributed by atoms with Gasteiger partial charge >= 0.3 is 12.0 Å². The van der Waals surface area contributed by atoms with Gasteiger partial charge in [0, 0.05) is 13.1 Å². The molecule has 1 aliphatic heterocycles. The van der Waals surface area contributed by atoms with E-state index in [9.17, 15) is 14.9 Å². The Morgan fingerprint density at radius 2 is 2.23 bits per heavy atom. The maximum Gasteiger partial charge on any atom is 0.433 e. The Bertz CT molecular complexity index is 921. The third kappa shape index (κ3) is 6.26. The molecular formula is C18H22N6O6S. The molecule has 2 aromatic heterocycles. The summed E-state index contributed by atoms with van der Waals surface area (Å²) < 4.78 is 15.2. The van der Waals surface area contributed by atoms with Crippen molar-refractivity contribution >= 4 is 40.9 Å². The standard InChI is InChI=1S/C18H22N6O6S/c1-28-17(31)22-10-14-11-23(18(25)30-14)12-2-4-15(21-8-12)20-7-6-19-9-13-3-5-16(29-13)24(26)27/h2-5,8,14,19H,6-7,9-11H2,1H3,(H,20,21)(H,22,31). The summed E-state index contributed by atoms with van der Waals surface area (Å²) >= 11 is 4.90. The number of aromatic nitrogens is 1. The Hall–Kier alpha value is -3.45. The summed E-state index contributed by atoms with van der Waals surface area (Å²) in [5, 5.41) is 20.0. The molecule has 1 atom stereocenters. The molecule has 1 fully saturated rings. The summed E-state index contributed by atoms with van der Waals surface area (Å²) in [7, 11) is 1.47. The van der Waals surface area contributed by atoms with Crippen molar-refractivity contribution < 1.29 is 23.6 Å². The summed E-state index contributed by atoms with van der Waals surface area (Å²) in [6.07, 6.45) is 0.800. The molecule has 166 valence electrons. The molecule has 0 spiro atoms. The van der Waals surface area contributed by atoms with Gasteiger partial charge < -0.3 is 29.8 Å². The van der Waals surface area contributed by atoms with E-state index in [-0.39, 0.29) is 17.2 Å². The number of rotatable bonds is 10. The molecule has 12 nitrogen and oxygen atoms in total. The number of nitrogens with one attached hydrogen (secondary N) is 3. The Morgan fingerprint density at radius 1 is 1.39 bits per heavy atom. The predicted octanol–water partition coefficient (Wildman–Crippen LogP) is 1.63. The highest BCUT2D eigenvalue weighted by Gasteiger charge is 2.32. The number of furan rings is 1. The molecule has 0 saturated carbocycles. The molecule has 1 amide bonds. The van der Waals surface area contributed by atoms with Gasteiger partial charge in [0.05, 0.1) is 44.7 Å². The molecule has 0 aromatic carbocycles. The molecule has 1 aliphatic rings. The van der Waals surface area contributed by atoms with E-state index < -0.39 is 11.0 Å². The first-order valence-corrected chi connectivity index (χ1v) is 9.81. The van der Waals surface area contributed by atoms with Gasteiger partial charge in [0.2, 0.25) is 0 Å². The van der Waals surface area contributed by atoms with Crippen LogP contribution in [0, 0.1) is 10.1 Å². The third-order valence-electron chi connectivity index (χ3n) is 4.33. The fourth-order valence-corrected chi connectivity index (χ4v) is 2.89. The zero-order valence-electron chi connectivity index (χ0n) is 16.7. The topological polar surface area (TPSA) is 144 Å². The first kappa shape index (κ1) is 22.2. The number of nitrogens with zero attached hydrogens (tertiary/aromatic N) is 3. The van der Waals surface area contributed by atoms with Crippen LogP contribution in [0.5, 0.6) is 0 Å². The lowest BCUT2D eigenvalue weighted by molar-refractivity contribution is -0.402. The van der Waals surface area contributed by atoms with Crippen molar-refractivity contribution in [3.05, 3.63) is 46.3 Å². The van der Waals surface area contributed by atoms with Crippen LogP contribution in [0.4, 0.5) is 22.2 Å². The SMILES string of the molecule is COC(=S)NCC1CN(c2ccc(NCCNCc3ccc([N+](=O)[O-])o3)nc2)C(=O)O1. The van der Waals surface area contributed by atoms with Gasteiger partial charge in [0.1, 0.15) is 22.6 Å². The van der Waals surface area contributed by atoms with Gasteiger partial charge in [-0.15, -0.1) is 0 Å². The van der Waals surface area contributed by atoms with Gasteiger partial charge in [0.15, 0.2) is 0 Å². The second kappa shape index (κ2) is 10.5. The first-order valence-electron chi connectivity index (χ1n) is 9.40. The number of cyclic esters (lactones) is 1. The molecule has 0 bridgehead atoms. The molecule has 0 radical (unpaired) electrons. The van der Waals surface area contributed by atoms with Crippen LogP contribution in [0.15, 0.2) is 34.9 Å². The summed E-state index contributed by atoms with van der Waals surface area (Å²) in [6.45, 7) is 2.29. The van der Waals surface area contributed by atoms with Crippen molar-refractivity contribution in [3.8, 4) is 0 Å². The number of thiocarbonyl (C=S) groups is 1. The second-order valence-electron chi connectivity index (χ2n) is 6.49. The number of hydrogen-bond acceptors (Lipinski definition) is 10. The molecule has 2 aromatic rings. The van der Waals surface area contributed by atoms with E-state index in [1.807, 2.05) is 0 Å². The number of amides is 1. The highest BCUT2D eigenvalue weighted by Crippen LogP contribution is 2.21. The van der Waals surface area contributed by atoms with Crippen LogP contribution < -0.4 is 20.9 Å². The molecule has 13 heteroatoms. The molecule has 3 N–H and O–H groups in total. The Kier molecular flexibility index (Phi) is 7.56. The fourth-order valence-electron chi connectivity index (χ4n) is 2.81. The average molecular weight is 450 g/mol. The van der Waals surface area contributed by atoms with Gasteiger partial charge in [-0.25, -0.2) is 9.78 Å². The van der Waals surface area contributed by atoms with Crippen molar-refractivity contribution in [2.75, 3.05) is 43.5 Å². The van der Waals surface area contributed by atoms with E-state index in [0.717, 1.165) is 0 Å². The number of carbonyl (C=O) groups is 1. The lowest BCUT2D eigenvalue weighted by atomic mass is 10.3. The van der Waals surface area contributed by atoms with E-state index in [1.54, 1.807) is 24.4 Å². The average Bonchev–Trinajstić information content (AvgIpc) is 3.39. The quantitative estimate of drug-likeness (QED) is 0.210. The third-order valence-corrected chi connectivity index (χ3v) is 4.64. The summed E-state index contributed by atoms with van der Waals surface area (Å²) in [4.78, 5) is 27.9. The van der Waals surface area contributed by atoms with E-state index >= 15 is 0 Å². The van der Waals surface area contributed by atoms with Crippen molar-refractivity contribution in [2.45, 2.75) is 12.6 Å². The minimum atomic E-state index is -0.573. The molecule has 0 aliphatic carbocycles. The van der Waals surface area contributed by atoms with Crippen LogP contribution >= 0.6 is 12.2 Å². The monoisotopic (exact) mass is 450 g/mol. The summed E-state index contributed by atoms with van der Waals surface area (Å²) in [5.74, 6) is 0.863. The van der Waals surface area contributed by atoms with Crippen molar-refractivity contribution in [2.24, 2.45) is 0 Å². The first-order chi connectivity index (χ1) is 15.0. The minimum Gasteiger partial charge on any atom is -0.474 e. The van der Waals surface area contributed by atoms with Gasteiger partial charge in [-0.3, -0.25) is 15.0 Å². The van der Waals surface area contributed by atoms with Crippen molar-refractivity contribution in [1.82, 2.24) is 15.6 Å². The molecule has 3 rings (SSSR count). The van der Waals surface area contributed by atoms with E-state index in [2.05, 4.69) is 20.9 Å². The van der Waals surface area contributed by atoms with E-state index in [1.165, 1.54) is 18.1 Å².